The molecular formula is C9H17N3O2. The van der Waals surface area contributed by atoms with Crippen LogP contribution in [0.3, 0.4) is 0 Å². The van der Waals surface area contributed by atoms with Crippen LogP contribution in [0.25, 0.3) is 0 Å². The molecule has 3 N–H and O–H groups in total. The van der Waals surface area contributed by atoms with Crippen LogP contribution in [0.2, 0.25) is 0 Å². The highest BCUT2D eigenvalue weighted by molar-refractivity contribution is 5.79. The number of amides is 2. The van der Waals surface area contributed by atoms with Crippen LogP contribution in [0.4, 0.5) is 0 Å². The first-order valence-corrected chi connectivity index (χ1v) is 4.87. The van der Waals surface area contributed by atoms with Gasteiger partial charge in [0.1, 0.15) is 0 Å². The number of nitrogens with two attached hydrogens (primary N) is 1. The van der Waals surface area contributed by atoms with Gasteiger partial charge in [-0.25, -0.2) is 0 Å². The lowest BCUT2D eigenvalue weighted by atomic mass is 10.1. The first kappa shape index (κ1) is 11.0. The van der Waals surface area contributed by atoms with Gasteiger partial charge >= 0.3 is 0 Å². The van der Waals surface area contributed by atoms with E-state index in [1.807, 2.05) is 0 Å². The second-order valence-corrected chi connectivity index (χ2v) is 3.62. The highest BCUT2D eigenvalue weighted by Crippen LogP contribution is 2.09. The van der Waals surface area contributed by atoms with Crippen molar-refractivity contribution < 1.29 is 9.59 Å². The number of hydrogen-bond donors (Lipinski definition) is 2. The minimum atomic E-state index is -0.0275. The molecule has 0 aliphatic carbocycles. The molecule has 80 valence electrons. The maximum absolute atomic E-state index is 11.2. The number of hydrogen-bond acceptors (Lipinski definition) is 3. The Hall–Kier alpha value is -1.10. The van der Waals surface area contributed by atoms with E-state index in [2.05, 4.69) is 5.32 Å². The molecule has 0 saturated carbocycles. The van der Waals surface area contributed by atoms with E-state index >= 15 is 0 Å². The minimum Gasteiger partial charge on any atom is -0.352 e. The van der Waals surface area contributed by atoms with Gasteiger partial charge in [-0.1, -0.05) is 0 Å². The smallest absolute Gasteiger partial charge is 0.222 e. The van der Waals surface area contributed by atoms with Crippen molar-refractivity contribution in [2.24, 2.45) is 5.73 Å². The maximum atomic E-state index is 11.2. The Morgan fingerprint density at radius 3 is 3.00 bits per heavy atom. The monoisotopic (exact) mass is 199 g/mol. The van der Waals surface area contributed by atoms with E-state index in [1.165, 1.54) is 0 Å². The SMILES string of the molecule is CN1CC(NC(=O)CCN)CCC1=O. The number of nitrogens with one attached hydrogen (secondary N) is 1. The second kappa shape index (κ2) is 4.95. The Balaban J connectivity index is 2.32. The molecule has 0 aromatic carbocycles. The third-order valence-electron chi connectivity index (χ3n) is 2.36. The molecule has 1 saturated heterocycles. The Morgan fingerprint density at radius 2 is 2.43 bits per heavy atom. The van der Waals surface area contributed by atoms with E-state index in [9.17, 15) is 9.59 Å². The molecule has 5 nitrogen and oxygen atoms in total. The molecular weight excluding hydrogens is 182 g/mol. The van der Waals surface area contributed by atoms with Gasteiger partial charge in [0.2, 0.25) is 11.8 Å². The van der Waals surface area contributed by atoms with Gasteiger partial charge in [-0.15, -0.1) is 0 Å². The molecule has 0 aromatic heterocycles. The van der Waals surface area contributed by atoms with Crippen molar-refractivity contribution in [2.45, 2.75) is 25.3 Å². The number of carbonyl (C=O) groups excluding carboxylic acids is 2. The fraction of sp³-hybridized carbons (Fsp3) is 0.778. The van der Waals surface area contributed by atoms with E-state index in [-0.39, 0.29) is 17.9 Å². The Kier molecular flexibility index (Phi) is 3.88. The quantitative estimate of drug-likeness (QED) is 0.616. The van der Waals surface area contributed by atoms with Gasteiger partial charge in [-0.05, 0) is 6.42 Å². The molecule has 0 bridgehead atoms. The molecule has 14 heavy (non-hydrogen) atoms. The maximum Gasteiger partial charge on any atom is 0.222 e. The number of piperidine rings is 1. The first-order valence-electron chi connectivity index (χ1n) is 4.87. The van der Waals surface area contributed by atoms with Gasteiger partial charge < -0.3 is 16.0 Å². The lowest BCUT2D eigenvalue weighted by Crippen LogP contribution is -2.48. The predicted molar refractivity (Wildman–Crippen MR) is 52.5 cm³/mol. The van der Waals surface area contributed by atoms with Crippen molar-refractivity contribution in [1.29, 1.82) is 0 Å². The number of nitrogens with zero attached hydrogens (tertiary/aromatic N) is 1. The molecule has 1 heterocycles. The van der Waals surface area contributed by atoms with Crippen molar-refractivity contribution in [3.63, 3.8) is 0 Å². The van der Waals surface area contributed by atoms with Crippen LogP contribution < -0.4 is 11.1 Å². The van der Waals surface area contributed by atoms with Crippen LogP contribution in [0.5, 0.6) is 0 Å². The third-order valence-corrected chi connectivity index (χ3v) is 2.36. The van der Waals surface area contributed by atoms with Crippen molar-refractivity contribution in [3.05, 3.63) is 0 Å². The summed E-state index contributed by atoms with van der Waals surface area (Å²) >= 11 is 0. The van der Waals surface area contributed by atoms with Gasteiger partial charge in [0.15, 0.2) is 0 Å². The summed E-state index contributed by atoms with van der Waals surface area (Å²) in [5.41, 5.74) is 5.26. The molecule has 1 fully saturated rings. The lowest BCUT2D eigenvalue weighted by Gasteiger charge is -2.30. The van der Waals surface area contributed by atoms with Gasteiger partial charge in [-0.3, -0.25) is 9.59 Å². The van der Waals surface area contributed by atoms with Gasteiger partial charge in [0.25, 0.3) is 0 Å². The molecule has 1 unspecified atom stereocenters. The summed E-state index contributed by atoms with van der Waals surface area (Å²) in [6.07, 6.45) is 1.61. The summed E-state index contributed by atoms with van der Waals surface area (Å²) in [4.78, 5) is 24.0. The van der Waals surface area contributed by atoms with Crippen molar-refractivity contribution in [2.75, 3.05) is 20.1 Å². The lowest BCUT2D eigenvalue weighted by molar-refractivity contribution is -0.133. The van der Waals surface area contributed by atoms with E-state index in [4.69, 9.17) is 5.73 Å². The Bertz CT molecular complexity index is 230. The van der Waals surface area contributed by atoms with Crippen LogP contribution in [-0.4, -0.2) is 42.9 Å². The third kappa shape index (κ3) is 2.99. The average Bonchev–Trinajstić information content (AvgIpc) is 2.12. The molecule has 1 aliphatic heterocycles. The number of carbonyl (C=O) groups is 2. The zero-order valence-corrected chi connectivity index (χ0v) is 8.45. The summed E-state index contributed by atoms with van der Waals surface area (Å²) in [7, 11) is 1.75. The topological polar surface area (TPSA) is 75.4 Å². The number of rotatable bonds is 3. The van der Waals surface area contributed by atoms with Gasteiger partial charge in [0, 0.05) is 39.0 Å². The van der Waals surface area contributed by atoms with Crippen LogP contribution in [-0.2, 0) is 9.59 Å². The fourth-order valence-corrected chi connectivity index (χ4v) is 1.56. The molecule has 1 aliphatic rings. The van der Waals surface area contributed by atoms with E-state index in [0.717, 1.165) is 6.42 Å². The van der Waals surface area contributed by atoms with E-state index in [1.54, 1.807) is 11.9 Å². The summed E-state index contributed by atoms with van der Waals surface area (Å²) in [5, 5.41) is 2.86. The van der Waals surface area contributed by atoms with E-state index < -0.39 is 0 Å². The van der Waals surface area contributed by atoms with Crippen LogP contribution >= 0.6 is 0 Å². The molecule has 0 aromatic rings. The Labute approximate surface area is 83.6 Å². The van der Waals surface area contributed by atoms with Crippen LogP contribution in [0.15, 0.2) is 0 Å². The van der Waals surface area contributed by atoms with Gasteiger partial charge in [0.05, 0.1) is 0 Å². The fourth-order valence-electron chi connectivity index (χ4n) is 1.56. The van der Waals surface area contributed by atoms with Crippen molar-refractivity contribution in [3.8, 4) is 0 Å². The normalized spacial score (nSPS) is 22.3. The second-order valence-electron chi connectivity index (χ2n) is 3.62. The average molecular weight is 199 g/mol. The summed E-state index contributed by atoms with van der Waals surface area (Å²) < 4.78 is 0. The number of likely N-dealkylation sites (N-methyl/N-ethyl adjacent to an activating group) is 1. The molecule has 0 radical (unpaired) electrons. The van der Waals surface area contributed by atoms with Crippen LogP contribution in [0, 0.1) is 0 Å². The molecule has 2 amide bonds. The Morgan fingerprint density at radius 1 is 1.71 bits per heavy atom. The summed E-state index contributed by atoms with van der Waals surface area (Å²) in [5.74, 6) is 0.120. The van der Waals surface area contributed by atoms with Crippen molar-refractivity contribution >= 4 is 11.8 Å². The summed E-state index contributed by atoms with van der Waals surface area (Å²) in [6.45, 7) is 0.975. The largest absolute Gasteiger partial charge is 0.352 e. The predicted octanol–water partition coefficient (Wildman–Crippen LogP) is -0.928. The highest BCUT2D eigenvalue weighted by atomic mass is 16.2. The highest BCUT2D eigenvalue weighted by Gasteiger charge is 2.23. The zero-order chi connectivity index (χ0) is 10.6. The molecule has 5 heteroatoms. The first-order chi connectivity index (χ1) is 6.63. The molecule has 1 atom stereocenters. The molecule has 1 rings (SSSR count). The van der Waals surface area contributed by atoms with E-state index in [0.29, 0.717) is 25.9 Å². The summed E-state index contributed by atoms with van der Waals surface area (Å²) in [6, 6.07) is 0.0942. The minimum absolute atomic E-state index is 0.0275. The zero-order valence-electron chi connectivity index (χ0n) is 8.45. The number of likely N-dealkylation sites (tertiary alicyclic amines) is 1. The standard InChI is InChI=1S/C9H17N3O2/c1-12-6-7(2-3-9(12)14)11-8(13)4-5-10/h7H,2-6,10H2,1H3,(H,11,13). The van der Waals surface area contributed by atoms with Gasteiger partial charge in [-0.2, -0.15) is 0 Å². The molecule has 0 spiro atoms. The van der Waals surface area contributed by atoms with Crippen LogP contribution in [0.1, 0.15) is 19.3 Å². The van der Waals surface area contributed by atoms with Crippen molar-refractivity contribution in [1.82, 2.24) is 10.2 Å².